The number of rotatable bonds is 4. The molecule has 5 rings (SSSR count). The van der Waals surface area contributed by atoms with Crippen LogP contribution < -0.4 is 0 Å². The van der Waals surface area contributed by atoms with Gasteiger partial charge in [0, 0.05) is 32.0 Å². The molecule has 1 atom stereocenters. The maximum Gasteiger partial charge on any atom is 0.223 e. The molecule has 3 aromatic heterocycles. The van der Waals surface area contributed by atoms with E-state index in [1.807, 2.05) is 37.0 Å². The SMILES string of the molecule is Cc1ccc(-c2nc(C3CC(=O)N(C4CCCC4)C3)n(-c3cnn(C)c3)n2)o1. The van der Waals surface area contributed by atoms with E-state index in [1.54, 1.807) is 10.9 Å². The van der Waals surface area contributed by atoms with Gasteiger partial charge < -0.3 is 9.32 Å². The van der Waals surface area contributed by atoms with E-state index in [9.17, 15) is 4.79 Å². The van der Waals surface area contributed by atoms with Gasteiger partial charge in [0.2, 0.25) is 11.7 Å². The van der Waals surface area contributed by atoms with E-state index < -0.39 is 0 Å². The lowest BCUT2D eigenvalue weighted by Crippen LogP contribution is -2.34. The fourth-order valence-corrected chi connectivity index (χ4v) is 4.43. The lowest BCUT2D eigenvalue weighted by atomic mass is 10.1. The van der Waals surface area contributed by atoms with Crippen molar-refractivity contribution in [2.75, 3.05) is 6.54 Å². The molecule has 0 bridgehead atoms. The van der Waals surface area contributed by atoms with Gasteiger partial charge in [-0.05, 0) is 31.9 Å². The zero-order valence-electron chi connectivity index (χ0n) is 16.2. The third kappa shape index (κ3) is 2.93. The Hall–Kier alpha value is -2.90. The quantitative estimate of drug-likeness (QED) is 0.695. The molecule has 0 aromatic carbocycles. The molecular weight excluding hydrogens is 356 g/mol. The number of nitrogens with zero attached hydrogens (tertiary/aromatic N) is 6. The van der Waals surface area contributed by atoms with E-state index in [0.717, 1.165) is 30.1 Å². The number of aromatic nitrogens is 5. The Kier molecular flexibility index (Phi) is 4.07. The molecule has 4 heterocycles. The molecule has 1 amide bonds. The molecule has 146 valence electrons. The van der Waals surface area contributed by atoms with Crippen LogP contribution in [0.1, 0.15) is 49.6 Å². The minimum absolute atomic E-state index is 0.0191. The van der Waals surface area contributed by atoms with Crippen molar-refractivity contribution in [2.45, 2.75) is 51.0 Å². The Bertz CT molecular complexity index is 1010. The van der Waals surface area contributed by atoms with E-state index in [-0.39, 0.29) is 11.8 Å². The molecule has 1 unspecified atom stereocenters. The molecule has 1 aliphatic carbocycles. The number of aryl methyl sites for hydroxylation is 2. The molecule has 1 saturated heterocycles. The van der Waals surface area contributed by atoms with E-state index in [4.69, 9.17) is 14.5 Å². The smallest absolute Gasteiger partial charge is 0.223 e. The summed E-state index contributed by atoms with van der Waals surface area (Å²) >= 11 is 0. The van der Waals surface area contributed by atoms with Gasteiger partial charge in [-0.15, -0.1) is 5.10 Å². The third-order valence-electron chi connectivity index (χ3n) is 5.82. The normalized spacial score (nSPS) is 20.6. The molecule has 0 N–H and O–H groups in total. The highest BCUT2D eigenvalue weighted by Gasteiger charge is 2.38. The van der Waals surface area contributed by atoms with Crippen molar-refractivity contribution < 1.29 is 9.21 Å². The van der Waals surface area contributed by atoms with Crippen LogP contribution in [0.15, 0.2) is 28.9 Å². The summed E-state index contributed by atoms with van der Waals surface area (Å²) in [5.41, 5.74) is 0.839. The molecular formula is C20H24N6O2. The molecule has 2 fully saturated rings. The first-order chi connectivity index (χ1) is 13.6. The third-order valence-corrected chi connectivity index (χ3v) is 5.82. The average molecular weight is 380 g/mol. The van der Waals surface area contributed by atoms with Gasteiger partial charge in [-0.2, -0.15) is 5.10 Å². The molecule has 1 saturated carbocycles. The summed E-state index contributed by atoms with van der Waals surface area (Å²) in [4.78, 5) is 19.6. The van der Waals surface area contributed by atoms with E-state index in [2.05, 4.69) is 10.00 Å². The summed E-state index contributed by atoms with van der Waals surface area (Å²) < 4.78 is 9.28. The van der Waals surface area contributed by atoms with Crippen molar-refractivity contribution >= 4 is 5.91 Å². The maximum atomic E-state index is 12.7. The Labute approximate surface area is 163 Å². The highest BCUT2D eigenvalue weighted by atomic mass is 16.3. The molecule has 0 spiro atoms. The van der Waals surface area contributed by atoms with Gasteiger partial charge in [0.05, 0.1) is 12.4 Å². The minimum atomic E-state index is 0.0191. The number of hydrogen-bond acceptors (Lipinski definition) is 5. The Morgan fingerprint density at radius 1 is 1.21 bits per heavy atom. The van der Waals surface area contributed by atoms with E-state index >= 15 is 0 Å². The number of hydrogen-bond donors (Lipinski definition) is 0. The first-order valence-electron chi connectivity index (χ1n) is 9.91. The summed E-state index contributed by atoms with van der Waals surface area (Å²) in [7, 11) is 1.87. The van der Waals surface area contributed by atoms with Crippen LogP contribution >= 0.6 is 0 Å². The van der Waals surface area contributed by atoms with Crippen molar-refractivity contribution in [3.05, 3.63) is 36.1 Å². The average Bonchev–Trinajstić information content (AvgIpc) is 3.45. The fourth-order valence-electron chi connectivity index (χ4n) is 4.43. The molecule has 1 aliphatic heterocycles. The molecule has 3 aromatic rings. The van der Waals surface area contributed by atoms with Crippen LogP contribution in [0.4, 0.5) is 0 Å². The van der Waals surface area contributed by atoms with Crippen molar-refractivity contribution in [1.29, 1.82) is 0 Å². The summed E-state index contributed by atoms with van der Waals surface area (Å²) in [5.74, 6) is 3.04. The predicted octanol–water partition coefficient (Wildman–Crippen LogP) is 2.83. The predicted molar refractivity (Wildman–Crippen MR) is 102 cm³/mol. The van der Waals surface area contributed by atoms with Gasteiger partial charge >= 0.3 is 0 Å². The van der Waals surface area contributed by atoms with Gasteiger partial charge in [0.15, 0.2) is 5.76 Å². The number of carbonyl (C=O) groups is 1. The number of carbonyl (C=O) groups excluding carboxylic acids is 1. The van der Waals surface area contributed by atoms with Crippen molar-refractivity contribution in [3.63, 3.8) is 0 Å². The van der Waals surface area contributed by atoms with Gasteiger partial charge in [0.25, 0.3) is 0 Å². The number of likely N-dealkylation sites (tertiary alicyclic amines) is 1. The molecule has 28 heavy (non-hydrogen) atoms. The summed E-state index contributed by atoms with van der Waals surface area (Å²) in [5, 5.41) is 8.97. The Morgan fingerprint density at radius 3 is 2.71 bits per heavy atom. The summed E-state index contributed by atoms with van der Waals surface area (Å²) in [6, 6.07) is 4.17. The lowest BCUT2D eigenvalue weighted by Gasteiger charge is -2.23. The topological polar surface area (TPSA) is 82.0 Å². The summed E-state index contributed by atoms with van der Waals surface area (Å²) in [6.45, 7) is 2.61. The number of amides is 1. The largest absolute Gasteiger partial charge is 0.458 e. The van der Waals surface area contributed by atoms with Crippen LogP contribution in [-0.4, -0.2) is 47.9 Å². The zero-order valence-corrected chi connectivity index (χ0v) is 16.2. The van der Waals surface area contributed by atoms with Gasteiger partial charge in [0.1, 0.15) is 17.3 Å². The standard InChI is InChI=1S/C20H24N6O2/c1-13-7-8-17(28-13)19-22-20(26(23-19)16-10-21-24(2)12-16)14-9-18(27)25(11-14)15-5-3-4-6-15/h7-8,10,12,14-15H,3-6,9,11H2,1-2H3. The highest BCUT2D eigenvalue weighted by molar-refractivity contribution is 5.80. The molecule has 0 radical (unpaired) electrons. The summed E-state index contributed by atoms with van der Waals surface area (Å²) in [6.07, 6.45) is 8.81. The second kappa shape index (κ2) is 6.61. The maximum absolute atomic E-state index is 12.7. The van der Waals surface area contributed by atoms with Crippen molar-refractivity contribution in [2.24, 2.45) is 7.05 Å². The van der Waals surface area contributed by atoms with E-state index in [1.165, 1.54) is 12.8 Å². The fraction of sp³-hybridized carbons (Fsp3) is 0.500. The van der Waals surface area contributed by atoms with Crippen LogP contribution in [0.2, 0.25) is 0 Å². The number of furan rings is 1. The second-order valence-corrected chi connectivity index (χ2v) is 7.87. The second-order valence-electron chi connectivity index (χ2n) is 7.87. The van der Waals surface area contributed by atoms with Crippen molar-refractivity contribution in [3.8, 4) is 17.3 Å². The van der Waals surface area contributed by atoms with Crippen LogP contribution in [-0.2, 0) is 11.8 Å². The zero-order chi connectivity index (χ0) is 19.3. The minimum Gasteiger partial charge on any atom is -0.458 e. The van der Waals surface area contributed by atoms with Gasteiger partial charge in [-0.3, -0.25) is 9.48 Å². The highest BCUT2D eigenvalue weighted by Crippen LogP contribution is 2.35. The van der Waals surface area contributed by atoms with Gasteiger partial charge in [-0.1, -0.05) is 12.8 Å². The van der Waals surface area contributed by atoms with Crippen LogP contribution in [0, 0.1) is 6.92 Å². The van der Waals surface area contributed by atoms with Crippen LogP contribution in [0.25, 0.3) is 17.3 Å². The van der Waals surface area contributed by atoms with Crippen LogP contribution in [0.3, 0.4) is 0 Å². The van der Waals surface area contributed by atoms with Gasteiger partial charge in [-0.25, -0.2) is 9.67 Å². The first-order valence-corrected chi connectivity index (χ1v) is 9.91. The molecule has 2 aliphatic rings. The first kappa shape index (κ1) is 17.2. The Balaban J connectivity index is 1.52. The van der Waals surface area contributed by atoms with Crippen molar-refractivity contribution in [1.82, 2.24) is 29.4 Å². The monoisotopic (exact) mass is 380 g/mol. The molecule has 8 heteroatoms. The Morgan fingerprint density at radius 2 is 2.04 bits per heavy atom. The van der Waals surface area contributed by atoms with Crippen LogP contribution in [0.5, 0.6) is 0 Å². The van der Waals surface area contributed by atoms with E-state index in [0.29, 0.717) is 30.6 Å². The lowest BCUT2D eigenvalue weighted by molar-refractivity contribution is -0.129. The molecule has 8 nitrogen and oxygen atoms in total.